The van der Waals surface area contributed by atoms with Crippen molar-refractivity contribution < 1.29 is 27.5 Å². The van der Waals surface area contributed by atoms with Crippen LogP contribution in [-0.4, -0.2) is 62.8 Å². The van der Waals surface area contributed by atoms with Gasteiger partial charge in [0.1, 0.15) is 6.04 Å². The first-order valence-corrected chi connectivity index (χ1v) is 11.0. The van der Waals surface area contributed by atoms with E-state index in [1.807, 2.05) is 30.3 Å². The van der Waals surface area contributed by atoms with E-state index >= 15 is 0 Å². The van der Waals surface area contributed by atoms with Crippen LogP contribution in [0.1, 0.15) is 16.7 Å². The van der Waals surface area contributed by atoms with Gasteiger partial charge in [0.25, 0.3) is 0 Å². The number of alkyl halides is 3. The molecule has 1 heterocycles. The van der Waals surface area contributed by atoms with Crippen molar-refractivity contribution in [3.63, 3.8) is 0 Å². The maximum absolute atomic E-state index is 13.5. The maximum atomic E-state index is 13.5. The second-order valence-corrected chi connectivity index (χ2v) is 7.92. The maximum Gasteiger partial charge on any atom is 0.417 e. The van der Waals surface area contributed by atoms with E-state index in [0.717, 1.165) is 17.7 Å². The van der Waals surface area contributed by atoms with Crippen molar-refractivity contribution in [1.82, 2.24) is 15.5 Å². The standard InChI is InChI=1S/C24H26F3N5O3/c1-35-12-9-29-22(33)21-16-31(23(34)30-15-17-5-3-2-4-6-17)10-11-32(21)19-8-7-18(14-28)20(13-19)24(25,26)27/h2-8,13,21H,9-12,15-16H2,1H3,(H,29,33)(H,30,34). The van der Waals surface area contributed by atoms with E-state index in [9.17, 15) is 22.8 Å². The molecule has 1 unspecified atom stereocenters. The zero-order chi connectivity index (χ0) is 25.4. The van der Waals surface area contributed by atoms with E-state index in [-0.39, 0.29) is 44.5 Å². The molecule has 8 nitrogen and oxygen atoms in total. The topological polar surface area (TPSA) is 97.7 Å². The van der Waals surface area contributed by atoms with Gasteiger partial charge in [0.05, 0.1) is 30.3 Å². The third-order valence-corrected chi connectivity index (χ3v) is 5.62. The lowest BCUT2D eigenvalue weighted by atomic mass is 10.0. The Morgan fingerprint density at radius 1 is 1.14 bits per heavy atom. The van der Waals surface area contributed by atoms with E-state index < -0.39 is 29.3 Å². The fourth-order valence-corrected chi connectivity index (χ4v) is 3.82. The Morgan fingerprint density at radius 3 is 2.54 bits per heavy atom. The number of rotatable bonds is 7. The van der Waals surface area contributed by atoms with Gasteiger partial charge < -0.3 is 25.2 Å². The van der Waals surface area contributed by atoms with Crippen LogP contribution in [0, 0.1) is 11.3 Å². The molecule has 0 spiro atoms. The average molecular weight is 489 g/mol. The summed E-state index contributed by atoms with van der Waals surface area (Å²) in [6.07, 6.45) is -4.73. The quantitative estimate of drug-likeness (QED) is 0.583. The lowest BCUT2D eigenvalue weighted by Gasteiger charge is -2.42. The lowest BCUT2D eigenvalue weighted by molar-refractivity contribution is -0.137. The van der Waals surface area contributed by atoms with E-state index in [0.29, 0.717) is 6.54 Å². The van der Waals surface area contributed by atoms with Crippen LogP contribution in [0.2, 0.25) is 0 Å². The molecule has 3 rings (SSSR count). The minimum Gasteiger partial charge on any atom is -0.383 e. The van der Waals surface area contributed by atoms with Gasteiger partial charge in [-0.1, -0.05) is 30.3 Å². The molecule has 0 bridgehead atoms. The van der Waals surface area contributed by atoms with Crippen LogP contribution in [0.25, 0.3) is 0 Å². The molecule has 0 radical (unpaired) electrons. The molecule has 186 valence electrons. The number of ether oxygens (including phenoxy) is 1. The highest BCUT2D eigenvalue weighted by atomic mass is 19.4. The largest absolute Gasteiger partial charge is 0.417 e. The van der Waals surface area contributed by atoms with Gasteiger partial charge in [0, 0.05) is 39.0 Å². The molecule has 35 heavy (non-hydrogen) atoms. The zero-order valence-electron chi connectivity index (χ0n) is 19.1. The van der Waals surface area contributed by atoms with Crippen LogP contribution >= 0.6 is 0 Å². The Morgan fingerprint density at radius 2 is 1.89 bits per heavy atom. The third kappa shape index (κ3) is 6.64. The summed E-state index contributed by atoms with van der Waals surface area (Å²) in [5.74, 6) is -0.444. The van der Waals surface area contributed by atoms with Crippen LogP contribution in [-0.2, 0) is 22.3 Å². The van der Waals surface area contributed by atoms with Gasteiger partial charge in [-0.3, -0.25) is 4.79 Å². The van der Waals surface area contributed by atoms with Gasteiger partial charge in [0.15, 0.2) is 0 Å². The van der Waals surface area contributed by atoms with Gasteiger partial charge >= 0.3 is 12.2 Å². The van der Waals surface area contributed by atoms with E-state index in [1.165, 1.54) is 23.0 Å². The van der Waals surface area contributed by atoms with E-state index in [1.54, 1.807) is 6.07 Å². The van der Waals surface area contributed by atoms with E-state index in [4.69, 9.17) is 10.00 Å². The predicted molar refractivity (Wildman–Crippen MR) is 122 cm³/mol. The molecule has 1 atom stereocenters. The Labute approximate surface area is 201 Å². The van der Waals surface area contributed by atoms with Crippen molar-refractivity contribution in [1.29, 1.82) is 5.26 Å². The normalized spacial score (nSPS) is 15.9. The Kier molecular flexibility index (Phi) is 8.54. The number of nitrogens with zero attached hydrogens (tertiary/aromatic N) is 3. The van der Waals surface area contributed by atoms with Gasteiger partial charge in [-0.15, -0.1) is 0 Å². The highest BCUT2D eigenvalue weighted by Crippen LogP contribution is 2.35. The predicted octanol–water partition coefficient (Wildman–Crippen LogP) is 2.74. The summed E-state index contributed by atoms with van der Waals surface area (Å²) < 4.78 is 45.5. The molecule has 1 saturated heterocycles. The summed E-state index contributed by atoms with van der Waals surface area (Å²) in [4.78, 5) is 28.7. The van der Waals surface area contributed by atoms with Gasteiger partial charge in [-0.05, 0) is 23.8 Å². The summed E-state index contributed by atoms with van der Waals surface area (Å²) in [6.45, 7) is 1.07. The molecule has 1 aliphatic heterocycles. The number of hydrogen-bond acceptors (Lipinski definition) is 5. The molecule has 0 saturated carbocycles. The van der Waals surface area contributed by atoms with Crippen molar-refractivity contribution in [2.75, 3.05) is 44.8 Å². The first kappa shape index (κ1) is 25.8. The fraction of sp³-hybridized carbons (Fsp3) is 0.375. The number of nitrogens with one attached hydrogen (secondary N) is 2. The summed E-state index contributed by atoms with van der Waals surface area (Å²) in [5.41, 5.74) is -0.515. The molecule has 3 amide bonds. The Bertz CT molecular complexity index is 1070. The monoisotopic (exact) mass is 489 g/mol. The molecular formula is C24H26F3N5O3. The van der Waals surface area contributed by atoms with Crippen LogP contribution < -0.4 is 15.5 Å². The summed E-state index contributed by atoms with van der Waals surface area (Å²) >= 11 is 0. The van der Waals surface area contributed by atoms with Crippen LogP contribution in [0.5, 0.6) is 0 Å². The highest BCUT2D eigenvalue weighted by molar-refractivity contribution is 5.87. The fourth-order valence-electron chi connectivity index (χ4n) is 3.82. The van der Waals surface area contributed by atoms with Crippen molar-refractivity contribution in [3.8, 4) is 6.07 Å². The second-order valence-electron chi connectivity index (χ2n) is 7.92. The first-order valence-electron chi connectivity index (χ1n) is 11.0. The number of benzene rings is 2. The van der Waals surface area contributed by atoms with Crippen LogP contribution in [0.4, 0.5) is 23.7 Å². The minimum absolute atomic E-state index is 0.0270. The van der Waals surface area contributed by atoms with Gasteiger partial charge in [0.2, 0.25) is 5.91 Å². The van der Waals surface area contributed by atoms with Crippen LogP contribution in [0.15, 0.2) is 48.5 Å². The molecule has 2 aromatic carbocycles. The average Bonchev–Trinajstić information content (AvgIpc) is 2.86. The second kappa shape index (κ2) is 11.6. The third-order valence-electron chi connectivity index (χ3n) is 5.62. The molecule has 1 fully saturated rings. The zero-order valence-corrected chi connectivity index (χ0v) is 19.1. The van der Waals surface area contributed by atoms with Crippen molar-refractivity contribution >= 4 is 17.6 Å². The van der Waals surface area contributed by atoms with Crippen molar-refractivity contribution in [2.24, 2.45) is 0 Å². The van der Waals surface area contributed by atoms with Gasteiger partial charge in [-0.25, -0.2) is 4.79 Å². The summed E-state index contributed by atoms with van der Waals surface area (Å²) in [7, 11) is 1.48. The van der Waals surface area contributed by atoms with Crippen LogP contribution in [0.3, 0.4) is 0 Å². The molecule has 2 aromatic rings. The first-order chi connectivity index (χ1) is 16.7. The minimum atomic E-state index is -4.73. The lowest BCUT2D eigenvalue weighted by Crippen LogP contribution is -2.61. The van der Waals surface area contributed by atoms with Gasteiger partial charge in [-0.2, -0.15) is 18.4 Å². The number of urea groups is 1. The Hall–Kier alpha value is -3.78. The van der Waals surface area contributed by atoms with Crippen molar-refractivity contribution in [3.05, 3.63) is 65.2 Å². The number of anilines is 1. The Balaban J connectivity index is 1.81. The number of methoxy groups -OCH3 is 1. The SMILES string of the molecule is COCCNC(=O)C1CN(C(=O)NCc2ccccc2)CCN1c1ccc(C#N)c(C(F)(F)F)c1. The number of nitriles is 1. The number of carbonyl (C=O) groups is 2. The number of piperazine rings is 1. The number of amides is 3. The summed E-state index contributed by atoms with van der Waals surface area (Å²) in [6, 6.07) is 12.9. The summed E-state index contributed by atoms with van der Waals surface area (Å²) in [5, 5.41) is 14.6. The number of carbonyl (C=O) groups excluding carboxylic acids is 2. The van der Waals surface area contributed by atoms with E-state index in [2.05, 4.69) is 10.6 Å². The number of hydrogen-bond donors (Lipinski definition) is 2. The molecular weight excluding hydrogens is 463 g/mol. The molecule has 1 aliphatic rings. The molecule has 0 aliphatic carbocycles. The van der Waals surface area contributed by atoms with Crippen molar-refractivity contribution in [2.45, 2.75) is 18.8 Å². The highest BCUT2D eigenvalue weighted by Gasteiger charge is 2.37. The molecule has 0 aromatic heterocycles. The molecule has 2 N–H and O–H groups in total. The smallest absolute Gasteiger partial charge is 0.383 e. The molecule has 11 heteroatoms. The number of halogens is 3.